The van der Waals surface area contributed by atoms with Crippen molar-refractivity contribution in [1.29, 1.82) is 0 Å². The lowest BCUT2D eigenvalue weighted by Crippen LogP contribution is -2.46. The highest BCUT2D eigenvalue weighted by Gasteiger charge is 2.21. The highest BCUT2D eigenvalue weighted by Crippen LogP contribution is 2.15. The number of carboxylic acid groups (broad SMARTS) is 1. The molecule has 1 amide bonds. The van der Waals surface area contributed by atoms with Gasteiger partial charge in [0.05, 0.1) is 17.7 Å². The maximum Gasteiger partial charge on any atom is 0.322 e. The van der Waals surface area contributed by atoms with Crippen LogP contribution in [0.3, 0.4) is 0 Å². The summed E-state index contributed by atoms with van der Waals surface area (Å²) in [6.07, 6.45) is 0. The van der Waals surface area contributed by atoms with Gasteiger partial charge in [-0.25, -0.2) is 0 Å². The van der Waals surface area contributed by atoms with Gasteiger partial charge in [0.2, 0.25) is 0 Å². The van der Waals surface area contributed by atoms with Crippen LogP contribution in [0.4, 0.5) is 5.69 Å². The Morgan fingerprint density at radius 2 is 1.89 bits per heavy atom. The zero-order chi connectivity index (χ0) is 14.5. The normalized spacial score (nSPS) is 10.9. The SMILES string of the molecule is CC(C)(CO)NC(=O)c1ccccc1NCC(=O)O. The van der Waals surface area contributed by atoms with Crippen molar-refractivity contribution >= 4 is 17.6 Å². The number of hydrogen-bond donors (Lipinski definition) is 4. The Morgan fingerprint density at radius 1 is 1.26 bits per heavy atom. The van der Waals surface area contributed by atoms with E-state index in [4.69, 9.17) is 10.2 Å². The van der Waals surface area contributed by atoms with Crippen molar-refractivity contribution in [1.82, 2.24) is 5.32 Å². The summed E-state index contributed by atoms with van der Waals surface area (Å²) in [5, 5.41) is 23.1. The maximum atomic E-state index is 12.1. The van der Waals surface area contributed by atoms with Gasteiger partial charge in [0.1, 0.15) is 6.54 Å². The summed E-state index contributed by atoms with van der Waals surface area (Å²) in [7, 11) is 0. The first kappa shape index (κ1) is 15.0. The number of aliphatic hydroxyl groups is 1. The number of para-hydroxylation sites is 1. The molecule has 0 heterocycles. The van der Waals surface area contributed by atoms with Crippen LogP contribution < -0.4 is 10.6 Å². The number of carboxylic acids is 1. The lowest BCUT2D eigenvalue weighted by Gasteiger charge is -2.24. The third-order valence-corrected chi connectivity index (χ3v) is 2.45. The van der Waals surface area contributed by atoms with Gasteiger partial charge in [-0.1, -0.05) is 12.1 Å². The number of benzene rings is 1. The molecule has 0 aliphatic heterocycles. The Bertz CT molecular complexity index is 471. The van der Waals surface area contributed by atoms with Crippen LogP contribution in [-0.4, -0.2) is 40.8 Å². The van der Waals surface area contributed by atoms with Gasteiger partial charge in [0, 0.05) is 5.69 Å². The summed E-state index contributed by atoms with van der Waals surface area (Å²) in [5.41, 5.74) is 0.0400. The maximum absolute atomic E-state index is 12.1. The van der Waals surface area contributed by atoms with Gasteiger partial charge in [0.25, 0.3) is 5.91 Å². The molecule has 0 spiro atoms. The van der Waals surface area contributed by atoms with Crippen LogP contribution in [0.15, 0.2) is 24.3 Å². The average molecular weight is 266 g/mol. The molecule has 0 aromatic heterocycles. The minimum atomic E-state index is -1.01. The quantitative estimate of drug-likeness (QED) is 0.607. The van der Waals surface area contributed by atoms with E-state index < -0.39 is 11.5 Å². The molecule has 4 N–H and O–H groups in total. The number of carbonyl (C=O) groups excluding carboxylic acids is 1. The smallest absolute Gasteiger partial charge is 0.322 e. The molecule has 0 fully saturated rings. The van der Waals surface area contributed by atoms with E-state index in [2.05, 4.69) is 10.6 Å². The van der Waals surface area contributed by atoms with Crippen molar-refractivity contribution in [3.8, 4) is 0 Å². The van der Waals surface area contributed by atoms with E-state index in [0.717, 1.165) is 0 Å². The monoisotopic (exact) mass is 266 g/mol. The number of anilines is 1. The Hall–Kier alpha value is -2.08. The summed E-state index contributed by atoms with van der Waals surface area (Å²) in [6.45, 7) is 2.92. The molecule has 0 radical (unpaired) electrons. The standard InChI is InChI=1S/C13H18N2O4/c1-13(2,8-16)15-12(19)9-5-3-4-6-10(9)14-7-11(17)18/h3-6,14,16H,7-8H2,1-2H3,(H,15,19)(H,17,18). The number of hydrogen-bond acceptors (Lipinski definition) is 4. The van der Waals surface area contributed by atoms with Crippen molar-refractivity contribution in [3.05, 3.63) is 29.8 Å². The molecule has 0 saturated heterocycles. The van der Waals surface area contributed by atoms with Gasteiger partial charge >= 0.3 is 5.97 Å². The van der Waals surface area contributed by atoms with Crippen LogP contribution >= 0.6 is 0 Å². The van der Waals surface area contributed by atoms with Crippen LogP contribution in [0.5, 0.6) is 0 Å². The van der Waals surface area contributed by atoms with E-state index in [-0.39, 0.29) is 19.1 Å². The van der Waals surface area contributed by atoms with Crippen LogP contribution in [-0.2, 0) is 4.79 Å². The van der Waals surface area contributed by atoms with E-state index in [0.29, 0.717) is 11.3 Å². The molecule has 0 unspecified atom stereocenters. The first-order valence-electron chi connectivity index (χ1n) is 5.84. The number of carbonyl (C=O) groups is 2. The molecule has 1 rings (SSSR count). The highest BCUT2D eigenvalue weighted by molar-refractivity contribution is 6.00. The number of rotatable bonds is 6. The molecule has 19 heavy (non-hydrogen) atoms. The molecule has 0 aliphatic carbocycles. The molecule has 0 bridgehead atoms. The number of aliphatic carboxylic acids is 1. The third kappa shape index (κ3) is 4.59. The number of amides is 1. The zero-order valence-electron chi connectivity index (χ0n) is 10.9. The Labute approximate surface area is 111 Å². The lowest BCUT2D eigenvalue weighted by atomic mass is 10.1. The van der Waals surface area contributed by atoms with Crippen molar-refractivity contribution in [2.75, 3.05) is 18.5 Å². The third-order valence-electron chi connectivity index (χ3n) is 2.45. The molecule has 104 valence electrons. The van der Waals surface area contributed by atoms with Crippen LogP contribution in [0.2, 0.25) is 0 Å². The summed E-state index contributed by atoms with van der Waals surface area (Å²) in [6, 6.07) is 6.61. The molecule has 1 aromatic rings. The molecule has 6 heteroatoms. The molecule has 6 nitrogen and oxygen atoms in total. The second-order valence-corrected chi connectivity index (χ2v) is 4.79. The van der Waals surface area contributed by atoms with Crippen molar-refractivity contribution in [2.45, 2.75) is 19.4 Å². The molecule has 0 aliphatic rings. The van der Waals surface area contributed by atoms with Gasteiger partial charge in [-0.3, -0.25) is 9.59 Å². The predicted molar refractivity (Wildman–Crippen MR) is 71.2 cm³/mol. The molecular weight excluding hydrogens is 248 g/mol. The van der Waals surface area contributed by atoms with Gasteiger partial charge < -0.3 is 20.8 Å². The summed E-state index contributed by atoms with van der Waals surface area (Å²) in [4.78, 5) is 22.6. The van der Waals surface area contributed by atoms with Gasteiger partial charge in [-0.15, -0.1) is 0 Å². The molecule has 1 aromatic carbocycles. The fourth-order valence-corrected chi connectivity index (χ4v) is 1.42. The Balaban J connectivity index is 2.87. The Kier molecular flexibility index (Phi) is 4.88. The van der Waals surface area contributed by atoms with Gasteiger partial charge in [-0.2, -0.15) is 0 Å². The van der Waals surface area contributed by atoms with Crippen molar-refractivity contribution < 1.29 is 19.8 Å². The molecular formula is C13H18N2O4. The van der Waals surface area contributed by atoms with E-state index in [1.54, 1.807) is 38.1 Å². The van der Waals surface area contributed by atoms with Crippen LogP contribution in [0, 0.1) is 0 Å². The minimum absolute atomic E-state index is 0.191. The second-order valence-electron chi connectivity index (χ2n) is 4.79. The second kappa shape index (κ2) is 6.19. The zero-order valence-corrected chi connectivity index (χ0v) is 10.9. The lowest BCUT2D eigenvalue weighted by molar-refractivity contribution is -0.134. The minimum Gasteiger partial charge on any atom is -0.480 e. The van der Waals surface area contributed by atoms with E-state index in [1.807, 2.05) is 0 Å². The summed E-state index contributed by atoms with van der Waals surface area (Å²) < 4.78 is 0. The van der Waals surface area contributed by atoms with E-state index >= 15 is 0 Å². The van der Waals surface area contributed by atoms with Crippen LogP contribution in [0.25, 0.3) is 0 Å². The van der Waals surface area contributed by atoms with E-state index in [1.165, 1.54) is 0 Å². The fraction of sp³-hybridized carbons (Fsp3) is 0.385. The first-order valence-corrected chi connectivity index (χ1v) is 5.84. The average Bonchev–Trinajstić information content (AvgIpc) is 2.36. The highest BCUT2D eigenvalue weighted by atomic mass is 16.4. The summed E-state index contributed by atoms with van der Waals surface area (Å²) >= 11 is 0. The first-order chi connectivity index (χ1) is 8.85. The molecule has 0 atom stereocenters. The number of nitrogens with one attached hydrogen (secondary N) is 2. The topological polar surface area (TPSA) is 98.7 Å². The predicted octanol–water partition coefficient (Wildman–Crippen LogP) is 0.684. The molecule has 0 saturated carbocycles. The van der Waals surface area contributed by atoms with Gasteiger partial charge in [0.15, 0.2) is 0 Å². The van der Waals surface area contributed by atoms with Gasteiger partial charge in [-0.05, 0) is 26.0 Å². The summed E-state index contributed by atoms with van der Waals surface area (Å²) in [5.74, 6) is -1.38. The van der Waals surface area contributed by atoms with Crippen molar-refractivity contribution in [3.63, 3.8) is 0 Å². The largest absolute Gasteiger partial charge is 0.480 e. The Morgan fingerprint density at radius 3 is 2.47 bits per heavy atom. The van der Waals surface area contributed by atoms with Crippen molar-refractivity contribution in [2.24, 2.45) is 0 Å². The number of aliphatic hydroxyl groups excluding tert-OH is 1. The fourth-order valence-electron chi connectivity index (χ4n) is 1.42. The van der Waals surface area contributed by atoms with E-state index in [9.17, 15) is 9.59 Å². The van der Waals surface area contributed by atoms with Crippen LogP contribution in [0.1, 0.15) is 24.2 Å².